The highest BCUT2D eigenvalue weighted by Crippen LogP contribution is 2.36. The lowest BCUT2D eigenvalue weighted by Crippen LogP contribution is -2.40. The molecule has 1 unspecified atom stereocenters. The van der Waals surface area contributed by atoms with Crippen molar-refractivity contribution < 1.29 is 14.4 Å². The van der Waals surface area contributed by atoms with Gasteiger partial charge in [-0.2, -0.15) is 4.98 Å². The first kappa shape index (κ1) is 12.1. The predicted octanol–water partition coefficient (Wildman–Crippen LogP) is 0.666. The minimum absolute atomic E-state index is 0.329. The molecule has 0 bridgehead atoms. The van der Waals surface area contributed by atoms with Gasteiger partial charge < -0.3 is 19.7 Å². The van der Waals surface area contributed by atoms with Crippen molar-refractivity contribution in [3.63, 3.8) is 0 Å². The summed E-state index contributed by atoms with van der Waals surface area (Å²) in [5, 5.41) is 17.7. The Hall–Kier alpha value is -0.980. The van der Waals surface area contributed by atoms with E-state index in [1.807, 2.05) is 6.92 Å². The fraction of sp³-hybridized carbons (Fsp3) is 0.833. The number of nitrogens with one attached hydrogen (secondary N) is 1. The van der Waals surface area contributed by atoms with Crippen LogP contribution < -0.4 is 5.32 Å². The number of rotatable bonds is 2. The van der Waals surface area contributed by atoms with Crippen molar-refractivity contribution in [3.8, 4) is 0 Å². The first-order valence-corrected chi connectivity index (χ1v) is 6.54. The molecule has 0 amide bonds. The number of piperidine rings is 1. The standard InChI is InChI=1S/C12H19N3O3/c1-11(3-2-8-17-11)9-14-10(18-15-9)12(16)4-6-13-7-5-12/h13,16H,2-8H2,1H3. The van der Waals surface area contributed by atoms with Gasteiger partial charge in [0.15, 0.2) is 0 Å². The van der Waals surface area contributed by atoms with Crippen molar-refractivity contribution in [3.05, 3.63) is 11.7 Å². The van der Waals surface area contributed by atoms with Crippen LogP contribution in [-0.2, 0) is 15.9 Å². The van der Waals surface area contributed by atoms with Crippen molar-refractivity contribution in [2.75, 3.05) is 19.7 Å². The molecule has 1 aromatic rings. The summed E-state index contributed by atoms with van der Waals surface area (Å²) in [5.41, 5.74) is -1.43. The number of aromatic nitrogens is 2. The third kappa shape index (κ3) is 1.94. The molecule has 0 saturated carbocycles. The van der Waals surface area contributed by atoms with Crippen LogP contribution in [0, 0.1) is 0 Å². The van der Waals surface area contributed by atoms with E-state index >= 15 is 0 Å². The smallest absolute Gasteiger partial charge is 0.258 e. The Morgan fingerprint density at radius 1 is 1.28 bits per heavy atom. The van der Waals surface area contributed by atoms with Crippen molar-refractivity contribution in [2.45, 2.75) is 43.8 Å². The van der Waals surface area contributed by atoms with Gasteiger partial charge in [0.05, 0.1) is 0 Å². The third-order valence-corrected chi connectivity index (χ3v) is 3.95. The van der Waals surface area contributed by atoms with Crippen molar-refractivity contribution in [2.24, 2.45) is 0 Å². The monoisotopic (exact) mass is 253 g/mol. The second kappa shape index (κ2) is 4.29. The summed E-state index contributed by atoms with van der Waals surface area (Å²) in [7, 11) is 0. The Morgan fingerprint density at radius 2 is 2.06 bits per heavy atom. The normalized spacial score (nSPS) is 31.7. The van der Waals surface area contributed by atoms with Gasteiger partial charge in [-0.25, -0.2) is 0 Å². The molecule has 0 aromatic carbocycles. The molecule has 0 spiro atoms. The molecule has 2 aliphatic rings. The van der Waals surface area contributed by atoms with Crippen LogP contribution in [-0.4, -0.2) is 34.9 Å². The quantitative estimate of drug-likeness (QED) is 0.806. The van der Waals surface area contributed by atoms with Crippen LogP contribution in [0.25, 0.3) is 0 Å². The van der Waals surface area contributed by atoms with Gasteiger partial charge >= 0.3 is 0 Å². The highest BCUT2D eigenvalue weighted by Gasteiger charge is 2.41. The molecule has 2 aliphatic heterocycles. The zero-order chi connectivity index (χ0) is 12.6. The lowest BCUT2D eigenvalue weighted by Gasteiger charge is -2.28. The zero-order valence-electron chi connectivity index (χ0n) is 10.6. The molecule has 6 nitrogen and oxygen atoms in total. The molecular weight excluding hydrogens is 234 g/mol. The minimum atomic E-state index is -0.981. The van der Waals surface area contributed by atoms with E-state index in [4.69, 9.17) is 9.26 Å². The average molecular weight is 253 g/mol. The maximum absolute atomic E-state index is 10.5. The van der Waals surface area contributed by atoms with E-state index in [0.29, 0.717) is 24.6 Å². The second-order valence-corrected chi connectivity index (χ2v) is 5.39. The third-order valence-electron chi connectivity index (χ3n) is 3.95. The fourth-order valence-electron chi connectivity index (χ4n) is 2.64. The Kier molecular flexibility index (Phi) is 2.88. The number of hydrogen-bond acceptors (Lipinski definition) is 6. The molecule has 3 rings (SSSR count). The van der Waals surface area contributed by atoms with Crippen LogP contribution in [0.2, 0.25) is 0 Å². The number of nitrogens with zero attached hydrogens (tertiary/aromatic N) is 2. The highest BCUT2D eigenvalue weighted by atomic mass is 16.5. The number of aliphatic hydroxyl groups is 1. The lowest BCUT2D eigenvalue weighted by molar-refractivity contribution is -0.0228. The average Bonchev–Trinajstić information content (AvgIpc) is 2.99. The van der Waals surface area contributed by atoms with E-state index in [2.05, 4.69) is 15.5 Å². The summed E-state index contributed by atoms with van der Waals surface area (Å²) in [5.74, 6) is 0.887. The summed E-state index contributed by atoms with van der Waals surface area (Å²) >= 11 is 0. The Bertz CT molecular complexity index is 420. The Labute approximate surface area is 106 Å². The van der Waals surface area contributed by atoms with E-state index < -0.39 is 11.2 Å². The fourth-order valence-corrected chi connectivity index (χ4v) is 2.64. The number of ether oxygens (including phenoxy) is 1. The maximum atomic E-state index is 10.5. The summed E-state index contributed by atoms with van der Waals surface area (Å²) in [6, 6.07) is 0. The van der Waals surface area contributed by atoms with Crippen LogP contribution in [0.4, 0.5) is 0 Å². The SMILES string of the molecule is CC1(c2noc(C3(O)CCNCC3)n2)CCCO1. The van der Waals surface area contributed by atoms with Gasteiger partial charge in [-0.05, 0) is 45.7 Å². The summed E-state index contributed by atoms with van der Waals surface area (Å²) in [6.45, 7) is 4.24. The molecule has 18 heavy (non-hydrogen) atoms. The van der Waals surface area contributed by atoms with Gasteiger partial charge in [0.25, 0.3) is 5.89 Å². The largest absolute Gasteiger partial charge is 0.380 e. The molecule has 1 aromatic heterocycles. The van der Waals surface area contributed by atoms with Crippen LogP contribution in [0.15, 0.2) is 4.52 Å². The minimum Gasteiger partial charge on any atom is -0.380 e. The zero-order valence-corrected chi connectivity index (χ0v) is 10.6. The first-order chi connectivity index (χ1) is 8.62. The summed E-state index contributed by atoms with van der Waals surface area (Å²) < 4.78 is 10.9. The molecule has 3 heterocycles. The molecule has 1 atom stereocenters. The summed E-state index contributed by atoms with van der Waals surface area (Å²) in [6.07, 6.45) is 3.11. The van der Waals surface area contributed by atoms with Gasteiger partial charge in [0.1, 0.15) is 11.2 Å². The molecule has 0 radical (unpaired) electrons. The van der Waals surface area contributed by atoms with Crippen LogP contribution >= 0.6 is 0 Å². The Morgan fingerprint density at radius 3 is 2.72 bits per heavy atom. The van der Waals surface area contributed by atoms with Gasteiger partial charge in [0, 0.05) is 6.61 Å². The molecular formula is C12H19N3O3. The van der Waals surface area contributed by atoms with E-state index in [1.54, 1.807) is 0 Å². The van der Waals surface area contributed by atoms with E-state index in [0.717, 1.165) is 32.5 Å². The topological polar surface area (TPSA) is 80.4 Å². The van der Waals surface area contributed by atoms with E-state index in [-0.39, 0.29) is 0 Å². The predicted molar refractivity (Wildman–Crippen MR) is 62.8 cm³/mol. The summed E-state index contributed by atoms with van der Waals surface area (Å²) in [4.78, 5) is 4.38. The van der Waals surface area contributed by atoms with Gasteiger partial charge in [-0.15, -0.1) is 0 Å². The highest BCUT2D eigenvalue weighted by molar-refractivity contribution is 5.06. The molecule has 2 fully saturated rings. The second-order valence-electron chi connectivity index (χ2n) is 5.39. The van der Waals surface area contributed by atoms with Crippen molar-refractivity contribution in [1.82, 2.24) is 15.5 Å². The molecule has 6 heteroatoms. The molecule has 2 saturated heterocycles. The van der Waals surface area contributed by atoms with Gasteiger partial charge in [0.2, 0.25) is 5.82 Å². The molecule has 0 aliphatic carbocycles. The lowest BCUT2D eigenvalue weighted by atomic mass is 9.92. The van der Waals surface area contributed by atoms with E-state index in [1.165, 1.54) is 0 Å². The molecule has 2 N–H and O–H groups in total. The van der Waals surface area contributed by atoms with Crippen LogP contribution in [0.1, 0.15) is 44.3 Å². The van der Waals surface area contributed by atoms with Gasteiger partial charge in [-0.1, -0.05) is 5.16 Å². The number of hydrogen-bond donors (Lipinski definition) is 2. The van der Waals surface area contributed by atoms with Crippen LogP contribution in [0.5, 0.6) is 0 Å². The van der Waals surface area contributed by atoms with Crippen molar-refractivity contribution >= 4 is 0 Å². The van der Waals surface area contributed by atoms with E-state index in [9.17, 15) is 5.11 Å². The maximum Gasteiger partial charge on any atom is 0.258 e. The van der Waals surface area contributed by atoms with Crippen molar-refractivity contribution in [1.29, 1.82) is 0 Å². The molecule has 100 valence electrons. The Balaban J connectivity index is 1.84. The van der Waals surface area contributed by atoms with Crippen LogP contribution in [0.3, 0.4) is 0 Å². The van der Waals surface area contributed by atoms with Gasteiger partial charge in [-0.3, -0.25) is 0 Å². The first-order valence-electron chi connectivity index (χ1n) is 6.54.